The first-order valence-electron chi connectivity index (χ1n) is 9.87. The van der Waals surface area contributed by atoms with Crippen molar-refractivity contribution in [2.45, 2.75) is 46.6 Å². The lowest BCUT2D eigenvalue weighted by atomic mass is 10.1. The van der Waals surface area contributed by atoms with Crippen LogP contribution in [0.25, 0.3) is 0 Å². The molecule has 1 heterocycles. The zero-order valence-corrected chi connectivity index (χ0v) is 16.7. The summed E-state index contributed by atoms with van der Waals surface area (Å²) in [5.41, 5.74) is 1.24. The number of hydrogen-bond acceptors (Lipinski definition) is 4. The summed E-state index contributed by atoms with van der Waals surface area (Å²) in [7, 11) is 0. The average molecular weight is 373 g/mol. The molecule has 2 aromatic rings. The third-order valence-electron chi connectivity index (χ3n) is 4.04. The zero-order valence-electron chi connectivity index (χ0n) is 16.7. The summed E-state index contributed by atoms with van der Waals surface area (Å²) in [5.74, 6) is 2.77. The van der Waals surface area contributed by atoms with Gasteiger partial charge in [0.25, 0.3) is 0 Å². The lowest BCUT2D eigenvalue weighted by molar-refractivity contribution is 0.317. The second kappa shape index (κ2) is 11.9. The van der Waals surface area contributed by atoms with Gasteiger partial charge in [-0.25, -0.2) is 0 Å². The van der Waals surface area contributed by atoms with E-state index in [-0.39, 0.29) is 0 Å². The maximum Gasteiger partial charge on any atom is 0.191 e. The van der Waals surface area contributed by atoms with Gasteiger partial charge in [0.05, 0.1) is 6.61 Å². The van der Waals surface area contributed by atoms with Crippen LogP contribution in [0, 0.1) is 0 Å². The molecule has 0 fully saturated rings. The SMILES string of the molecule is CCCOc1cccc(CCN=C(NCC)NCCn2cnnc2CC)c1. The number of aromatic nitrogens is 3. The molecule has 0 amide bonds. The molecular weight excluding hydrogens is 340 g/mol. The minimum Gasteiger partial charge on any atom is -0.494 e. The van der Waals surface area contributed by atoms with E-state index in [9.17, 15) is 0 Å². The second-order valence-electron chi connectivity index (χ2n) is 6.23. The van der Waals surface area contributed by atoms with Gasteiger partial charge >= 0.3 is 0 Å². The summed E-state index contributed by atoms with van der Waals surface area (Å²) in [6.45, 7) is 10.2. The average Bonchev–Trinajstić information content (AvgIpc) is 3.14. The van der Waals surface area contributed by atoms with Crippen molar-refractivity contribution in [3.8, 4) is 5.75 Å². The van der Waals surface area contributed by atoms with Crippen LogP contribution in [-0.2, 0) is 19.4 Å². The third-order valence-corrected chi connectivity index (χ3v) is 4.04. The van der Waals surface area contributed by atoms with E-state index in [1.807, 2.05) is 12.1 Å². The Kier molecular flexibility index (Phi) is 9.17. The summed E-state index contributed by atoms with van der Waals surface area (Å²) in [6, 6.07) is 8.26. The van der Waals surface area contributed by atoms with E-state index in [4.69, 9.17) is 4.74 Å². The van der Waals surface area contributed by atoms with Crippen molar-refractivity contribution < 1.29 is 4.74 Å². The first kappa shape index (κ1) is 20.7. The molecule has 0 spiro atoms. The Hall–Kier alpha value is -2.57. The molecule has 0 saturated heterocycles. The van der Waals surface area contributed by atoms with Crippen molar-refractivity contribution in [2.24, 2.45) is 4.99 Å². The van der Waals surface area contributed by atoms with Crippen LogP contribution in [0.15, 0.2) is 35.6 Å². The van der Waals surface area contributed by atoms with Gasteiger partial charge in [0.1, 0.15) is 17.9 Å². The van der Waals surface area contributed by atoms with Crippen LogP contribution >= 0.6 is 0 Å². The van der Waals surface area contributed by atoms with E-state index in [0.717, 1.165) is 69.6 Å². The standard InChI is InChI=1S/C20H32N6O/c1-4-14-27-18-9-7-8-17(15-18)10-11-22-20(21-6-3)23-12-13-26-16-24-25-19(26)5-2/h7-9,15-16H,4-6,10-14H2,1-3H3,(H2,21,22,23). The number of aliphatic imine (C=N–C) groups is 1. The number of nitrogens with one attached hydrogen (secondary N) is 2. The fraction of sp³-hybridized carbons (Fsp3) is 0.550. The number of nitrogens with zero attached hydrogens (tertiary/aromatic N) is 4. The van der Waals surface area contributed by atoms with Crippen molar-refractivity contribution in [2.75, 3.05) is 26.2 Å². The van der Waals surface area contributed by atoms with Crippen molar-refractivity contribution in [1.29, 1.82) is 0 Å². The topological polar surface area (TPSA) is 76.4 Å². The minimum atomic E-state index is 0.722. The summed E-state index contributed by atoms with van der Waals surface area (Å²) >= 11 is 0. The van der Waals surface area contributed by atoms with Crippen LogP contribution in [0.5, 0.6) is 5.75 Å². The Balaban J connectivity index is 1.82. The molecule has 0 aliphatic carbocycles. The molecule has 0 bridgehead atoms. The van der Waals surface area contributed by atoms with Crippen LogP contribution in [0.1, 0.15) is 38.6 Å². The number of benzene rings is 1. The van der Waals surface area contributed by atoms with Crippen molar-refractivity contribution >= 4 is 5.96 Å². The van der Waals surface area contributed by atoms with Crippen molar-refractivity contribution in [3.05, 3.63) is 42.0 Å². The van der Waals surface area contributed by atoms with Gasteiger partial charge in [-0.05, 0) is 37.5 Å². The summed E-state index contributed by atoms with van der Waals surface area (Å²) < 4.78 is 7.76. The highest BCUT2D eigenvalue weighted by Gasteiger charge is 2.02. The molecule has 0 aliphatic rings. The van der Waals surface area contributed by atoms with Crippen LogP contribution in [0.2, 0.25) is 0 Å². The highest BCUT2D eigenvalue weighted by atomic mass is 16.5. The molecule has 7 nitrogen and oxygen atoms in total. The van der Waals surface area contributed by atoms with E-state index < -0.39 is 0 Å². The molecule has 0 aliphatic heterocycles. The monoisotopic (exact) mass is 372 g/mol. The lowest BCUT2D eigenvalue weighted by Crippen LogP contribution is -2.39. The predicted octanol–water partition coefficient (Wildman–Crippen LogP) is 2.43. The van der Waals surface area contributed by atoms with Gasteiger partial charge in [0, 0.05) is 32.6 Å². The molecule has 2 N–H and O–H groups in total. The number of rotatable bonds is 11. The van der Waals surface area contributed by atoms with Gasteiger partial charge in [0.2, 0.25) is 0 Å². The molecule has 0 atom stereocenters. The Morgan fingerprint density at radius 2 is 2.11 bits per heavy atom. The first-order valence-corrected chi connectivity index (χ1v) is 9.87. The molecule has 27 heavy (non-hydrogen) atoms. The molecule has 1 aromatic carbocycles. The van der Waals surface area contributed by atoms with Gasteiger partial charge in [-0.2, -0.15) is 0 Å². The molecule has 7 heteroatoms. The number of ether oxygens (including phenoxy) is 1. The quantitative estimate of drug-likeness (QED) is 0.468. The highest BCUT2D eigenvalue weighted by molar-refractivity contribution is 5.79. The maximum absolute atomic E-state index is 5.70. The Bertz CT molecular complexity index is 697. The number of hydrogen-bond donors (Lipinski definition) is 2. The lowest BCUT2D eigenvalue weighted by Gasteiger charge is -2.12. The van der Waals surface area contributed by atoms with Crippen LogP contribution < -0.4 is 15.4 Å². The highest BCUT2D eigenvalue weighted by Crippen LogP contribution is 2.14. The van der Waals surface area contributed by atoms with Gasteiger partial charge in [-0.15, -0.1) is 10.2 Å². The van der Waals surface area contributed by atoms with Crippen LogP contribution in [0.3, 0.4) is 0 Å². The number of aryl methyl sites for hydroxylation is 1. The predicted molar refractivity (Wildman–Crippen MR) is 109 cm³/mol. The van der Waals surface area contributed by atoms with Gasteiger partial charge in [-0.3, -0.25) is 4.99 Å². The summed E-state index contributed by atoms with van der Waals surface area (Å²) in [5, 5.41) is 14.7. The van der Waals surface area contributed by atoms with E-state index in [1.54, 1.807) is 6.33 Å². The summed E-state index contributed by atoms with van der Waals surface area (Å²) in [4.78, 5) is 4.68. The first-order chi connectivity index (χ1) is 13.3. The fourth-order valence-corrected chi connectivity index (χ4v) is 2.68. The molecule has 1 aromatic heterocycles. The molecule has 0 saturated carbocycles. The van der Waals surface area contributed by atoms with E-state index >= 15 is 0 Å². The molecule has 2 rings (SSSR count). The van der Waals surface area contributed by atoms with Gasteiger partial charge < -0.3 is 19.9 Å². The fourth-order valence-electron chi connectivity index (χ4n) is 2.68. The number of guanidine groups is 1. The van der Waals surface area contributed by atoms with E-state index in [1.165, 1.54) is 5.56 Å². The van der Waals surface area contributed by atoms with Crippen LogP contribution in [-0.4, -0.2) is 47.0 Å². The van der Waals surface area contributed by atoms with Crippen molar-refractivity contribution in [1.82, 2.24) is 25.4 Å². The summed E-state index contributed by atoms with van der Waals surface area (Å²) in [6.07, 6.45) is 4.56. The Morgan fingerprint density at radius 1 is 1.22 bits per heavy atom. The van der Waals surface area contributed by atoms with Gasteiger partial charge in [-0.1, -0.05) is 26.0 Å². The third kappa shape index (κ3) is 7.29. The Labute approximate surface area is 162 Å². The minimum absolute atomic E-state index is 0.722. The maximum atomic E-state index is 5.70. The molecular formula is C20H32N6O. The van der Waals surface area contributed by atoms with E-state index in [0.29, 0.717) is 0 Å². The largest absolute Gasteiger partial charge is 0.494 e. The zero-order chi connectivity index (χ0) is 19.3. The van der Waals surface area contributed by atoms with Crippen LogP contribution in [0.4, 0.5) is 0 Å². The molecule has 0 radical (unpaired) electrons. The smallest absolute Gasteiger partial charge is 0.191 e. The molecule has 148 valence electrons. The second-order valence-corrected chi connectivity index (χ2v) is 6.23. The molecule has 0 unspecified atom stereocenters. The normalized spacial score (nSPS) is 11.4. The Morgan fingerprint density at radius 3 is 2.89 bits per heavy atom. The van der Waals surface area contributed by atoms with E-state index in [2.05, 4.69) is 63.3 Å². The van der Waals surface area contributed by atoms with Gasteiger partial charge in [0.15, 0.2) is 5.96 Å². The van der Waals surface area contributed by atoms with Crippen molar-refractivity contribution in [3.63, 3.8) is 0 Å².